The molecule has 0 bridgehead atoms. The standard InChI is InChI=1S/C11H15F3N2O/c1-8(15)6-16-7-9-2-4-10(5-3-9)17-11(12,13)14/h2-5,8,16H,6-7,15H2,1H3. The maximum Gasteiger partial charge on any atom is 0.573 e. The summed E-state index contributed by atoms with van der Waals surface area (Å²) < 4.78 is 39.4. The van der Waals surface area contributed by atoms with Crippen LogP contribution in [0.5, 0.6) is 5.75 Å². The van der Waals surface area contributed by atoms with Crippen LogP contribution in [0.2, 0.25) is 0 Å². The van der Waals surface area contributed by atoms with Crippen molar-refractivity contribution in [3.8, 4) is 5.75 Å². The molecule has 6 heteroatoms. The predicted molar refractivity (Wildman–Crippen MR) is 58.5 cm³/mol. The van der Waals surface area contributed by atoms with E-state index < -0.39 is 6.36 Å². The van der Waals surface area contributed by atoms with E-state index in [1.54, 1.807) is 12.1 Å². The second kappa shape index (κ2) is 5.88. The van der Waals surface area contributed by atoms with Crippen molar-refractivity contribution in [3.05, 3.63) is 29.8 Å². The molecular formula is C11H15F3N2O. The molecule has 1 aromatic rings. The highest BCUT2D eigenvalue weighted by Crippen LogP contribution is 2.22. The summed E-state index contributed by atoms with van der Waals surface area (Å²) in [6, 6.07) is 5.78. The summed E-state index contributed by atoms with van der Waals surface area (Å²) in [7, 11) is 0. The number of nitrogens with two attached hydrogens (primary N) is 1. The van der Waals surface area contributed by atoms with E-state index in [1.165, 1.54) is 12.1 Å². The first-order chi connectivity index (χ1) is 7.87. The van der Waals surface area contributed by atoms with Crippen molar-refractivity contribution in [3.63, 3.8) is 0 Å². The van der Waals surface area contributed by atoms with Gasteiger partial charge < -0.3 is 15.8 Å². The van der Waals surface area contributed by atoms with Crippen LogP contribution in [0.4, 0.5) is 13.2 Å². The monoisotopic (exact) mass is 248 g/mol. The number of alkyl halides is 3. The van der Waals surface area contributed by atoms with Crippen molar-refractivity contribution in [2.24, 2.45) is 5.73 Å². The third kappa shape index (κ3) is 6.13. The van der Waals surface area contributed by atoms with Gasteiger partial charge in [0.05, 0.1) is 0 Å². The molecule has 0 radical (unpaired) electrons. The third-order valence-electron chi connectivity index (χ3n) is 1.95. The molecular weight excluding hydrogens is 233 g/mol. The Labute approximate surface area is 97.8 Å². The van der Waals surface area contributed by atoms with E-state index in [-0.39, 0.29) is 11.8 Å². The van der Waals surface area contributed by atoms with Gasteiger partial charge in [0, 0.05) is 19.1 Å². The molecule has 3 N–H and O–H groups in total. The highest BCUT2D eigenvalue weighted by Gasteiger charge is 2.30. The largest absolute Gasteiger partial charge is 0.573 e. The molecule has 0 aliphatic rings. The van der Waals surface area contributed by atoms with Crippen LogP contribution in [0, 0.1) is 0 Å². The van der Waals surface area contributed by atoms with Crippen molar-refractivity contribution in [2.45, 2.75) is 25.9 Å². The molecule has 1 rings (SSSR count). The van der Waals surface area contributed by atoms with Gasteiger partial charge in [0.25, 0.3) is 0 Å². The summed E-state index contributed by atoms with van der Waals surface area (Å²) in [5.74, 6) is -0.214. The SMILES string of the molecule is CC(N)CNCc1ccc(OC(F)(F)F)cc1. The Kier molecular flexibility index (Phi) is 4.77. The highest BCUT2D eigenvalue weighted by molar-refractivity contribution is 5.27. The number of ether oxygens (including phenoxy) is 1. The summed E-state index contributed by atoms with van der Waals surface area (Å²) >= 11 is 0. The van der Waals surface area contributed by atoms with E-state index in [0.29, 0.717) is 13.1 Å². The van der Waals surface area contributed by atoms with E-state index in [4.69, 9.17) is 5.73 Å². The molecule has 1 aromatic carbocycles. The number of hydrogen-bond acceptors (Lipinski definition) is 3. The molecule has 1 atom stereocenters. The lowest BCUT2D eigenvalue weighted by atomic mass is 10.2. The zero-order valence-electron chi connectivity index (χ0n) is 9.42. The van der Waals surface area contributed by atoms with Gasteiger partial charge in [-0.2, -0.15) is 0 Å². The maximum absolute atomic E-state index is 11.9. The fraction of sp³-hybridized carbons (Fsp3) is 0.455. The normalized spacial score (nSPS) is 13.5. The Morgan fingerprint density at radius 3 is 2.35 bits per heavy atom. The summed E-state index contributed by atoms with van der Waals surface area (Å²) in [6.45, 7) is 3.09. The summed E-state index contributed by atoms with van der Waals surface area (Å²) in [5.41, 5.74) is 6.42. The van der Waals surface area contributed by atoms with Gasteiger partial charge in [0.2, 0.25) is 0 Å². The lowest BCUT2D eigenvalue weighted by molar-refractivity contribution is -0.274. The fourth-order valence-corrected chi connectivity index (χ4v) is 1.25. The summed E-state index contributed by atoms with van der Waals surface area (Å²) in [6.07, 6.45) is -4.64. The zero-order chi connectivity index (χ0) is 12.9. The van der Waals surface area contributed by atoms with Crippen LogP contribution in [-0.2, 0) is 6.54 Å². The third-order valence-corrected chi connectivity index (χ3v) is 1.95. The molecule has 17 heavy (non-hydrogen) atoms. The minimum Gasteiger partial charge on any atom is -0.406 e. The van der Waals surface area contributed by atoms with E-state index >= 15 is 0 Å². The quantitative estimate of drug-likeness (QED) is 0.838. The second-order valence-corrected chi connectivity index (χ2v) is 3.80. The molecule has 0 amide bonds. The van der Waals surface area contributed by atoms with Crippen molar-refractivity contribution in [1.29, 1.82) is 0 Å². The van der Waals surface area contributed by atoms with Crippen molar-refractivity contribution < 1.29 is 17.9 Å². The molecule has 1 unspecified atom stereocenters. The molecule has 0 saturated heterocycles. The molecule has 3 nitrogen and oxygen atoms in total. The van der Waals surface area contributed by atoms with Gasteiger partial charge in [-0.05, 0) is 24.6 Å². The van der Waals surface area contributed by atoms with Gasteiger partial charge in [-0.25, -0.2) is 0 Å². The van der Waals surface area contributed by atoms with Crippen LogP contribution < -0.4 is 15.8 Å². The molecule has 0 aliphatic heterocycles. The highest BCUT2D eigenvalue weighted by atomic mass is 19.4. The zero-order valence-corrected chi connectivity index (χ0v) is 9.42. The Morgan fingerprint density at radius 1 is 1.29 bits per heavy atom. The molecule has 0 fully saturated rings. The number of benzene rings is 1. The average Bonchev–Trinajstić information content (AvgIpc) is 2.18. The second-order valence-electron chi connectivity index (χ2n) is 3.80. The maximum atomic E-state index is 11.9. The molecule has 0 heterocycles. The Morgan fingerprint density at radius 2 is 1.88 bits per heavy atom. The minimum absolute atomic E-state index is 0.0443. The van der Waals surface area contributed by atoms with E-state index in [2.05, 4.69) is 10.1 Å². The van der Waals surface area contributed by atoms with Crippen molar-refractivity contribution in [1.82, 2.24) is 5.32 Å². The van der Waals surface area contributed by atoms with Crippen LogP contribution in [0.3, 0.4) is 0 Å². The molecule has 0 saturated carbocycles. The Balaban J connectivity index is 2.45. The van der Waals surface area contributed by atoms with Gasteiger partial charge in [0.1, 0.15) is 5.75 Å². The number of nitrogens with one attached hydrogen (secondary N) is 1. The lowest BCUT2D eigenvalue weighted by Crippen LogP contribution is -2.30. The first kappa shape index (κ1) is 13.8. The van der Waals surface area contributed by atoms with Crippen LogP contribution in [0.15, 0.2) is 24.3 Å². The van der Waals surface area contributed by atoms with E-state index in [9.17, 15) is 13.2 Å². The summed E-state index contributed by atoms with van der Waals surface area (Å²) in [5, 5.41) is 3.08. The number of halogens is 3. The average molecular weight is 248 g/mol. The van der Waals surface area contributed by atoms with Crippen LogP contribution in [0.25, 0.3) is 0 Å². The van der Waals surface area contributed by atoms with Crippen LogP contribution >= 0.6 is 0 Å². The molecule has 96 valence electrons. The minimum atomic E-state index is -4.64. The first-order valence-electron chi connectivity index (χ1n) is 5.18. The fourth-order valence-electron chi connectivity index (χ4n) is 1.25. The van der Waals surface area contributed by atoms with Gasteiger partial charge in [-0.15, -0.1) is 13.2 Å². The smallest absolute Gasteiger partial charge is 0.406 e. The van der Waals surface area contributed by atoms with Gasteiger partial charge in [-0.3, -0.25) is 0 Å². The summed E-state index contributed by atoms with van der Waals surface area (Å²) in [4.78, 5) is 0. The van der Waals surface area contributed by atoms with E-state index in [0.717, 1.165) is 5.56 Å². The number of rotatable bonds is 5. The lowest BCUT2D eigenvalue weighted by Gasteiger charge is -2.10. The topological polar surface area (TPSA) is 47.3 Å². The molecule has 0 aliphatic carbocycles. The van der Waals surface area contributed by atoms with Crippen LogP contribution in [0.1, 0.15) is 12.5 Å². The molecule has 0 spiro atoms. The Hall–Kier alpha value is -1.27. The van der Waals surface area contributed by atoms with Gasteiger partial charge in [-0.1, -0.05) is 12.1 Å². The van der Waals surface area contributed by atoms with Crippen molar-refractivity contribution >= 4 is 0 Å². The van der Waals surface area contributed by atoms with Gasteiger partial charge in [0.15, 0.2) is 0 Å². The molecule has 0 aromatic heterocycles. The van der Waals surface area contributed by atoms with E-state index in [1.807, 2.05) is 6.92 Å². The Bertz CT molecular complexity index is 336. The van der Waals surface area contributed by atoms with Gasteiger partial charge >= 0.3 is 6.36 Å². The van der Waals surface area contributed by atoms with Crippen molar-refractivity contribution in [2.75, 3.05) is 6.54 Å². The predicted octanol–water partition coefficient (Wildman–Crippen LogP) is 2.02. The first-order valence-corrected chi connectivity index (χ1v) is 5.18. The van der Waals surface area contributed by atoms with Crippen LogP contribution in [-0.4, -0.2) is 18.9 Å². The number of hydrogen-bond donors (Lipinski definition) is 2.